The molecule has 0 spiro atoms. The van der Waals surface area contributed by atoms with E-state index in [9.17, 15) is 9.59 Å². The first kappa shape index (κ1) is 13.1. The van der Waals surface area contributed by atoms with E-state index in [1.165, 1.54) is 18.1 Å². The molecule has 1 atom stereocenters. The Morgan fingerprint density at radius 1 is 1.59 bits per heavy atom. The van der Waals surface area contributed by atoms with Crippen LogP contribution in [0.3, 0.4) is 0 Å². The van der Waals surface area contributed by atoms with Gasteiger partial charge in [0.2, 0.25) is 0 Å². The van der Waals surface area contributed by atoms with Crippen LogP contribution in [0, 0.1) is 0 Å². The van der Waals surface area contributed by atoms with Gasteiger partial charge in [-0.05, 0) is 26.0 Å². The van der Waals surface area contributed by atoms with Crippen molar-refractivity contribution >= 4 is 12.0 Å². The highest BCUT2D eigenvalue weighted by Crippen LogP contribution is 2.05. The number of carboxylic acid groups (broad SMARTS) is 1. The molecule has 0 fully saturated rings. The number of amides is 2. The second kappa shape index (κ2) is 5.93. The van der Waals surface area contributed by atoms with Gasteiger partial charge >= 0.3 is 12.0 Å². The molecule has 6 heteroatoms. The van der Waals surface area contributed by atoms with Gasteiger partial charge in [-0.15, -0.1) is 0 Å². The van der Waals surface area contributed by atoms with Crippen molar-refractivity contribution in [2.75, 3.05) is 6.54 Å². The Kier molecular flexibility index (Phi) is 4.56. The van der Waals surface area contributed by atoms with Gasteiger partial charge in [0.05, 0.1) is 12.8 Å². The number of hydrogen-bond donors (Lipinski definition) is 2. The molecule has 1 unspecified atom stereocenters. The van der Waals surface area contributed by atoms with E-state index in [4.69, 9.17) is 9.52 Å². The smallest absolute Gasteiger partial charge is 0.325 e. The number of carbonyl (C=O) groups is 2. The molecule has 0 aromatic carbocycles. The third-order valence-corrected chi connectivity index (χ3v) is 2.31. The van der Waals surface area contributed by atoms with Crippen LogP contribution < -0.4 is 5.32 Å². The Balaban J connectivity index is 2.55. The van der Waals surface area contributed by atoms with Crippen LogP contribution in [0.5, 0.6) is 0 Å². The summed E-state index contributed by atoms with van der Waals surface area (Å²) in [5, 5.41) is 11.1. The molecule has 0 aliphatic carbocycles. The molecule has 1 heterocycles. The molecular formula is C11H16N2O4. The summed E-state index contributed by atoms with van der Waals surface area (Å²) in [5.74, 6) is -0.405. The lowest BCUT2D eigenvalue weighted by molar-refractivity contribution is -0.138. The van der Waals surface area contributed by atoms with Crippen molar-refractivity contribution in [3.8, 4) is 0 Å². The van der Waals surface area contributed by atoms with Gasteiger partial charge < -0.3 is 19.7 Å². The molecule has 1 aromatic rings. The zero-order chi connectivity index (χ0) is 12.8. The van der Waals surface area contributed by atoms with Crippen LogP contribution in [0.25, 0.3) is 0 Å². The highest BCUT2D eigenvalue weighted by atomic mass is 16.4. The summed E-state index contributed by atoms with van der Waals surface area (Å²) < 4.78 is 5.13. The van der Waals surface area contributed by atoms with Crippen molar-refractivity contribution in [2.45, 2.75) is 26.4 Å². The average molecular weight is 240 g/mol. The number of nitrogens with one attached hydrogen (secondary N) is 1. The fourth-order valence-electron chi connectivity index (χ4n) is 1.26. The van der Waals surface area contributed by atoms with Gasteiger partial charge in [0, 0.05) is 6.54 Å². The molecule has 94 valence electrons. The minimum absolute atomic E-state index is 0.321. The van der Waals surface area contributed by atoms with E-state index in [0.29, 0.717) is 18.8 Å². The Hall–Kier alpha value is -1.98. The quantitative estimate of drug-likeness (QED) is 0.812. The molecule has 6 nitrogen and oxygen atoms in total. The highest BCUT2D eigenvalue weighted by molar-refractivity contribution is 5.82. The van der Waals surface area contributed by atoms with Gasteiger partial charge in [-0.1, -0.05) is 0 Å². The lowest BCUT2D eigenvalue weighted by atomic mass is 10.3. The highest BCUT2D eigenvalue weighted by Gasteiger charge is 2.18. The second-order valence-electron chi connectivity index (χ2n) is 3.60. The van der Waals surface area contributed by atoms with Crippen LogP contribution in [-0.4, -0.2) is 34.6 Å². The molecule has 2 amide bonds. The predicted molar refractivity (Wildman–Crippen MR) is 60.4 cm³/mol. The van der Waals surface area contributed by atoms with E-state index in [1.54, 1.807) is 12.1 Å². The van der Waals surface area contributed by atoms with E-state index < -0.39 is 18.0 Å². The van der Waals surface area contributed by atoms with Gasteiger partial charge in [-0.3, -0.25) is 4.79 Å². The van der Waals surface area contributed by atoms with Crippen LogP contribution in [-0.2, 0) is 11.3 Å². The van der Waals surface area contributed by atoms with E-state index in [0.717, 1.165) is 0 Å². The molecule has 0 aliphatic rings. The topological polar surface area (TPSA) is 82.8 Å². The number of hydrogen-bond acceptors (Lipinski definition) is 3. The Morgan fingerprint density at radius 2 is 2.29 bits per heavy atom. The van der Waals surface area contributed by atoms with Gasteiger partial charge in [-0.25, -0.2) is 4.79 Å². The van der Waals surface area contributed by atoms with Gasteiger partial charge in [0.1, 0.15) is 11.8 Å². The summed E-state index contributed by atoms with van der Waals surface area (Å²) in [7, 11) is 0. The van der Waals surface area contributed by atoms with Gasteiger partial charge in [0.25, 0.3) is 0 Å². The van der Waals surface area contributed by atoms with Crippen molar-refractivity contribution in [1.82, 2.24) is 10.2 Å². The third kappa shape index (κ3) is 3.82. The first-order valence-electron chi connectivity index (χ1n) is 5.35. The molecule has 1 rings (SSSR count). The molecule has 0 saturated carbocycles. The van der Waals surface area contributed by atoms with Gasteiger partial charge in [-0.2, -0.15) is 0 Å². The maximum Gasteiger partial charge on any atom is 0.325 e. The Bertz CT molecular complexity index is 375. The SMILES string of the molecule is CCN(Cc1ccco1)C(=O)NC(C)C(=O)O. The number of furan rings is 1. The van der Waals surface area contributed by atoms with Crippen molar-refractivity contribution < 1.29 is 19.1 Å². The second-order valence-corrected chi connectivity index (χ2v) is 3.60. The molecular weight excluding hydrogens is 224 g/mol. The molecule has 1 aromatic heterocycles. The minimum Gasteiger partial charge on any atom is -0.480 e. The number of rotatable bonds is 5. The van der Waals surface area contributed by atoms with Crippen molar-refractivity contribution in [1.29, 1.82) is 0 Å². The van der Waals surface area contributed by atoms with Crippen LogP contribution in [0.4, 0.5) is 4.79 Å². The number of aliphatic carboxylic acids is 1. The van der Waals surface area contributed by atoms with Crippen molar-refractivity contribution in [3.63, 3.8) is 0 Å². The summed E-state index contributed by atoms with van der Waals surface area (Å²) in [6.45, 7) is 4.02. The summed E-state index contributed by atoms with van der Waals surface area (Å²) in [4.78, 5) is 23.8. The molecule has 0 radical (unpaired) electrons. The maximum absolute atomic E-state index is 11.7. The first-order chi connectivity index (χ1) is 8.04. The van der Waals surface area contributed by atoms with E-state index in [2.05, 4.69) is 5.32 Å². The predicted octanol–water partition coefficient (Wildman–Crippen LogP) is 1.28. The molecule has 0 aliphatic heterocycles. The molecule has 0 saturated heterocycles. The monoisotopic (exact) mass is 240 g/mol. The van der Waals surface area contributed by atoms with Crippen LogP contribution in [0.15, 0.2) is 22.8 Å². The summed E-state index contributed by atoms with van der Waals surface area (Å²) in [6, 6.07) is 2.17. The van der Waals surface area contributed by atoms with E-state index in [-0.39, 0.29) is 0 Å². The number of carbonyl (C=O) groups excluding carboxylic acids is 1. The van der Waals surface area contributed by atoms with E-state index >= 15 is 0 Å². The summed E-state index contributed by atoms with van der Waals surface area (Å²) in [6.07, 6.45) is 1.53. The minimum atomic E-state index is -1.06. The number of nitrogens with zero attached hydrogens (tertiary/aromatic N) is 1. The largest absolute Gasteiger partial charge is 0.480 e. The number of urea groups is 1. The maximum atomic E-state index is 11.7. The van der Waals surface area contributed by atoms with Crippen molar-refractivity contribution in [2.24, 2.45) is 0 Å². The summed E-state index contributed by atoms with van der Waals surface area (Å²) >= 11 is 0. The lowest BCUT2D eigenvalue weighted by Crippen LogP contribution is -2.46. The Labute approximate surface area is 99.2 Å². The molecule has 17 heavy (non-hydrogen) atoms. The zero-order valence-corrected chi connectivity index (χ0v) is 9.84. The molecule has 0 bridgehead atoms. The fraction of sp³-hybridized carbons (Fsp3) is 0.455. The normalized spacial score (nSPS) is 11.9. The van der Waals surface area contributed by atoms with Crippen molar-refractivity contribution in [3.05, 3.63) is 24.2 Å². The fourth-order valence-corrected chi connectivity index (χ4v) is 1.26. The standard InChI is InChI=1S/C11H16N2O4/c1-3-13(7-9-5-4-6-17-9)11(16)12-8(2)10(14)15/h4-6,8H,3,7H2,1-2H3,(H,12,16)(H,14,15). The summed E-state index contributed by atoms with van der Waals surface area (Å²) in [5.41, 5.74) is 0. The average Bonchev–Trinajstić information content (AvgIpc) is 2.78. The Morgan fingerprint density at radius 3 is 2.76 bits per heavy atom. The van der Waals surface area contributed by atoms with Crippen LogP contribution in [0.2, 0.25) is 0 Å². The van der Waals surface area contributed by atoms with E-state index in [1.807, 2.05) is 6.92 Å². The van der Waals surface area contributed by atoms with Gasteiger partial charge in [0.15, 0.2) is 0 Å². The molecule has 2 N–H and O–H groups in total. The first-order valence-corrected chi connectivity index (χ1v) is 5.35. The van der Waals surface area contributed by atoms with Crippen LogP contribution in [0.1, 0.15) is 19.6 Å². The van der Waals surface area contributed by atoms with Crippen LogP contribution >= 0.6 is 0 Å². The zero-order valence-electron chi connectivity index (χ0n) is 9.84. The lowest BCUT2D eigenvalue weighted by Gasteiger charge is -2.21. The number of carboxylic acids is 1. The third-order valence-electron chi connectivity index (χ3n) is 2.31.